The number of hydrogen-bond donors (Lipinski definition) is 6. The first-order chi connectivity index (χ1) is 13.4. The van der Waals surface area contributed by atoms with E-state index >= 15 is 0 Å². The van der Waals surface area contributed by atoms with Crippen molar-refractivity contribution >= 4 is 12.2 Å². The predicted octanol–water partition coefficient (Wildman–Crippen LogP) is 0.447. The Hall–Kier alpha value is -2.62. The van der Waals surface area contributed by atoms with Gasteiger partial charge in [0.25, 0.3) is 0 Å². The lowest BCUT2D eigenvalue weighted by molar-refractivity contribution is -0.277. The van der Waals surface area contributed by atoms with E-state index in [2.05, 4.69) is 0 Å². The minimum Gasteiger partial charge on any atom is -0.508 e. The molecule has 150 valence electrons. The van der Waals surface area contributed by atoms with Crippen molar-refractivity contribution in [3.8, 4) is 17.2 Å². The van der Waals surface area contributed by atoms with E-state index in [9.17, 15) is 30.6 Å². The first-order valence-corrected chi connectivity index (χ1v) is 8.65. The van der Waals surface area contributed by atoms with Crippen LogP contribution in [0.5, 0.6) is 17.2 Å². The molecule has 3 rings (SSSR count). The Kier molecular flexibility index (Phi) is 6.18. The monoisotopic (exact) mass is 390 g/mol. The van der Waals surface area contributed by atoms with Crippen LogP contribution in [-0.4, -0.2) is 68.0 Å². The van der Waals surface area contributed by atoms with Gasteiger partial charge in [0.05, 0.1) is 6.61 Å². The first kappa shape index (κ1) is 20.1. The third kappa shape index (κ3) is 4.61. The standard InChI is InChI=1S/C20H22O8/c21-10-16-17(24)18(25)19(26)20(28-16)27-15-8-12(7-14(23)9-15)2-1-11-3-5-13(22)6-4-11/h1-9,16-26H,10H2/t16?,17-,18?,19+,20+/m1/s1. The van der Waals surface area contributed by atoms with Crippen LogP contribution in [-0.2, 0) is 4.74 Å². The molecule has 1 saturated heterocycles. The number of phenols is 2. The second-order valence-corrected chi connectivity index (χ2v) is 6.50. The van der Waals surface area contributed by atoms with Gasteiger partial charge in [0.1, 0.15) is 41.7 Å². The zero-order valence-electron chi connectivity index (χ0n) is 14.8. The van der Waals surface area contributed by atoms with Crippen LogP contribution in [0.1, 0.15) is 11.1 Å². The Morgan fingerprint density at radius 3 is 2.18 bits per heavy atom. The van der Waals surface area contributed by atoms with E-state index in [-0.39, 0.29) is 17.2 Å². The normalized spacial score (nSPS) is 27.8. The molecule has 0 amide bonds. The lowest BCUT2D eigenvalue weighted by Crippen LogP contribution is -2.60. The highest BCUT2D eigenvalue weighted by Crippen LogP contribution is 2.28. The Morgan fingerprint density at radius 1 is 0.821 bits per heavy atom. The van der Waals surface area contributed by atoms with Gasteiger partial charge in [0.2, 0.25) is 6.29 Å². The van der Waals surface area contributed by atoms with E-state index in [1.54, 1.807) is 42.5 Å². The zero-order chi connectivity index (χ0) is 20.3. The highest BCUT2D eigenvalue weighted by molar-refractivity contribution is 5.71. The molecule has 0 saturated carbocycles. The molecular formula is C20H22O8. The molecule has 6 N–H and O–H groups in total. The second kappa shape index (κ2) is 8.59. The van der Waals surface area contributed by atoms with Crippen molar-refractivity contribution in [2.75, 3.05) is 6.61 Å². The van der Waals surface area contributed by atoms with Crippen molar-refractivity contribution < 1.29 is 40.1 Å². The van der Waals surface area contributed by atoms with Gasteiger partial charge in [-0.25, -0.2) is 0 Å². The fourth-order valence-electron chi connectivity index (χ4n) is 2.85. The molecule has 0 spiro atoms. The van der Waals surface area contributed by atoms with E-state index in [1.807, 2.05) is 0 Å². The van der Waals surface area contributed by atoms with E-state index in [4.69, 9.17) is 9.47 Å². The third-order valence-electron chi connectivity index (χ3n) is 4.38. The molecule has 0 aliphatic carbocycles. The number of aliphatic hydroxyl groups is 4. The quantitative estimate of drug-likeness (QED) is 0.405. The number of phenolic OH excluding ortho intramolecular Hbond substituents is 2. The van der Waals surface area contributed by atoms with Crippen LogP contribution in [0.4, 0.5) is 0 Å². The van der Waals surface area contributed by atoms with Gasteiger partial charge in [-0.2, -0.15) is 0 Å². The average Bonchev–Trinajstić information content (AvgIpc) is 2.67. The van der Waals surface area contributed by atoms with Crippen LogP contribution in [0, 0.1) is 0 Å². The number of aliphatic hydroxyl groups excluding tert-OH is 4. The Labute approximate surface area is 161 Å². The minimum absolute atomic E-state index is 0.0903. The van der Waals surface area contributed by atoms with Gasteiger partial charge in [0.15, 0.2) is 0 Å². The topological polar surface area (TPSA) is 140 Å². The van der Waals surface area contributed by atoms with E-state index < -0.39 is 37.3 Å². The molecule has 2 unspecified atom stereocenters. The Balaban J connectivity index is 1.76. The SMILES string of the molecule is OCC1O[C@H](Oc2cc(O)cc(C=Cc3ccc(O)cc3)c2)[C@@H](O)C(O)[C@@H]1O. The first-order valence-electron chi connectivity index (χ1n) is 8.65. The smallest absolute Gasteiger partial charge is 0.229 e. The summed E-state index contributed by atoms with van der Waals surface area (Å²) in [5, 5.41) is 58.2. The van der Waals surface area contributed by atoms with Gasteiger partial charge in [-0.05, 0) is 35.4 Å². The fraction of sp³-hybridized carbons (Fsp3) is 0.300. The molecule has 0 radical (unpaired) electrons. The van der Waals surface area contributed by atoms with Gasteiger partial charge in [-0.3, -0.25) is 0 Å². The second-order valence-electron chi connectivity index (χ2n) is 6.50. The molecule has 28 heavy (non-hydrogen) atoms. The van der Waals surface area contributed by atoms with Gasteiger partial charge in [-0.1, -0.05) is 24.3 Å². The minimum atomic E-state index is -1.55. The lowest BCUT2D eigenvalue weighted by Gasteiger charge is -2.39. The summed E-state index contributed by atoms with van der Waals surface area (Å²) < 4.78 is 10.8. The molecule has 0 aromatic heterocycles. The zero-order valence-corrected chi connectivity index (χ0v) is 14.8. The van der Waals surface area contributed by atoms with E-state index in [1.165, 1.54) is 12.1 Å². The summed E-state index contributed by atoms with van der Waals surface area (Å²) in [6.07, 6.45) is -3.52. The number of benzene rings is 2. The number of rotatable bonds is 5. The van der Waals surface area contributed by atoms with Gasteiger partial charge >= 0.3 is 0 Å². The molecule has 1 aliphatic heterocycles. The van der Waals surface area contributed by atoms with Crippen LogP contribution < -0.4 is 4.74 Å². The molecule has 1 heterocycles. The molecule has 8 nitrogen and oxygen atoms in total. The fourth-order valence-corrected chi connectivity index (χ4v) is 2.85. The van der Waals surface area contributed by atoms with Crippen molar-refractivity contribution in [2.45, 2.75) is 30.7 Å². The largest absolute Gasteiger partial charge is 0.508 e. The summed E-state index contributed by atoms with van der Waals surface area (Å²) in [6.45, 7) is -0.564. The van der Waals surface area contributed by atoms with Crippen molar-refractivity contribution in [3.63, 3.8) is 0 Å². The van der Waals surface area contributed by atoms with Crippen LogP contribution in [0.15, 0.2) is 42.5 Å². The van der Waals surface area contributed by atoms with Gasteiger partial charge in [-0.15, -0.1) is 0 Å². The Morgan fingerprint density at radius 2 is 1.50 bits per heavy atom. The maximum Gasteiger partial charge on any atom is 0.229 e. The van der Waals surface area contributed by atoms with E-state index in [0.29, 0.717) is 5.56 Å². The number of hydrogen-bond acceptors (Lipinski definition) is 8. The average molecular weight is 390 g/mol. The summed E-state index contributed by atoms with van der Waals surface area (Å²) in [5.41, 5.74) is 1.42. The highest BCUT2D eigenvalue weighted by Gasteiger charge is 2.44. The maximum absolute atomic E-state index is 10.1. The summed E-state index contributed by atoms with van der Waals surface area (Å²) in [7, 11) is 0. The summed E-state index contributed by atoms with van der Waals surface area (Å²) in [4.78, 5) is 0. The summed E-state index contributed by atoms with van der Waals surface area (Å²) >= 11 is 0. The van der Waals surface area contributed by atoms with Crippen molar-refractivity contribution in [3.05, 3.63) is 53.6 Å². The summed E-state index contributed by atoms with van der Waals surface area (Å²) in [5.74, 6) is 0.229. The molecule has 5 atom stereocenters. The molecule has 8 heteroatoms. The van der Waals surface area contributed by atoms with Crippen LogP contribution in [0.3, 0.4) is 0 Å². The van der Waals surface area contributed by atoms with Crippen LogP contribution >= 0.6 is 0 Å². The van der Waals surface area contributed by atoms with Crippen molar-refractivity contribution in [2.24, 2.45) is 0 Å². The van der Waals surface area contributed by atoms with Crippen LogP contribution in [0.25, 0.3) is 12.2 Å². The summed E-state index contributed by atoms with van der Waals surface area (Å²) in [6, 6.07) is 10.9. The molecule has 2 aromatic rings. The highest BCUT2D eigenvalue weighted by atomic mass is 16.7. The molecule has 1 aliphatic rings. The number of ether oxygens (including phenoxy) is 2. The predicted molar refractivity (Wildman–Crippen MR) is 99.5 cm³/mol. The molecule has 0 bridgehead atoms. The van der Waals surface area contributed by atoms with Crippen molar-refractivity contribution in [1.82, 2.24) is 0 Å². The molecule has 2 aromatic carbocycles. The molecular weight excluding hydrogens is 368 g/mol. The van der Waals surface area contributed by atoms with Gasteiger partial charge < -0.3 is 40.1 Å². The molecule has 1 fully saturated rings. The van der Waals surface area contributed by atoms with E-state index in [0.717, 1.165) is 5.56 Å². The Bertz CT molecular complexity index is 817. The lowest BCUT2D eigenvalue weighted by atomic mass is 9.99. The maximum atomic E-state index is 10.1. The number of aromatic hydroxyl groups is 2. The van der Waals surface area contributed by atoms with Crippen molar-refractivity contribution in [1.29, 1.82) is 0 Å². The third-order valence-corrected chi connectivity index (χ3v) is 4.38. The van der Waals surface area contributed by atoms with Gasteiger partial charge in [0, 0.05) is 6.07 Å². The van der Waals surface area contributed by atoms with Crippen LogP contribution in [0.2, 0.25) is 0 Å².